The fourth-order valence-electron chi connectivity index (χ4n) is 3.09. The first-order chi connectivity index (χ1) is 13.0. The van der Waals surface area contributed by atoms with Crippen LogP contribution in [0.5, 0.6) is 23.0 Å². The molecule has 0 amide bonds. The highest BCUT2D eigenvalue weighted by atomic mass is 35.5. The molecule has 1 aromatic heterocycles. The number of ether oxygens (including phenoxy) is 4. The van der Waals surface area contributed by atoms with Crippen LogP contribution in [0.4, 0.5) is 0 Å². The summed E-state index contributed by atoms with van der Waals surface area (Å²) in [4.78, 5) is 12.3. The Morgan fingerprint density at radius 3 is 2.00 bits per heavy atom. The van der Waals surface area contributed by atoms with Crippen LogP contribution in [0.25, 0.3) is 10.8 Å². The summed E-state index contributed by atoms with van der Waals surface area (Å²) in [5.41, 5.74) is 1.28. The number of aromatic nitrogens is 1. The maximum Gasteiger partial charge on any atom is 0.269 e. The zero-order valence-electron chi connectivity index (χ0n) is 16.1. The first kappa shape index (κ1) is 21.2. The molecule has 150 valence electrons. The van der Waals surface area contributed by atoms with E-state index in [0.717, 1.165) is 21.0 Å². The van der Waals surface area contributed by atoms with Gasteiger partial charge in [-0.3, -0.25) is 4.79 Å². The number of fused-ring (bicyclic) bond motifs is 1. The number of nitrogens with zero attached hydrogens (tertiary/aromatic N) is 1. The monoisotopic (exact) mass is 406 g/mol. The summed E-state index contributed by atoms with van der Waals surface area (Å²) in [6.07, 6.45) is 0.429. The molecule has 3 aromatic rings. The van der Waals surface area contributed by atoms with Crippen LogP contribution in [0.2, 0.25) is 0 Å². The quantitative estimate of drug-likeness (QED) is 0.633. The molecule has 0 radical (unpaired) electrons. The van der Waals surface area contributed by atoms with Gasteiger partial charge in [0, 0.05) is 17.9 Å². The Morgan fingerprint density at radius 2 is 1.39 bits per heavy atom. The van der Waals surface area contributed by atoms with Crippen LogP contribution in [0.1, 0.15) is 11.3 Å². The topological polar surface area (TPSA) is 84.9 Å². The molecule has 0 atom stereocenters. The Bertz CT molecular complexity index is 1050. The molecular weight excluding hydrogens is 384 g/mol. The van der Waals surface area contributed by atoms with Gasteiger partial charge in [-0.2, -0.15) is 0 Å². The summed E-state index contributed by atoms with van der Waals surface area (Å²) in [5, 5.41) is 1.54. The van der Waals surface area contributed by atoms with Gasteiger partial charge in [-0.15, -0.1) is 12.4 Å². The molecule has 0 fully saturated rings. The maximum absolute atomic E-state index is 12.3. The second kappa shape index (κ2) is 8.75. The van der Waals surface area contributed by atoms with Crippen LogP contribution in [-0.4, -0.2) is 33.1 Å². The molecule has 1 heterocycles. The van der Waals surface area contributed by atoms with Gasteiger partial charge < -0.3 is 24.8 Å². The molecule has 0 aliphatic heterocycles. The summed E-state index contributed by atoms with van der Waals surface area (Å²) in [6, 6.07) is 10.7. The Kier molecular flexibility index (Phi) is 6.64. The van der Waals surface area contributed by atoms with Crippen molar-refractivity contribution in [1.29, 1.82) is 0 Å². The second-order valence-electron chi connectivity index (χ2n) is 5.96. The van der Waals surface area contributed by atoms with Crippen molar-refractivity contribution in [2.75, 3.05) is 34.3 Å². The van der Waals surface area contributed by atoms with Crippen molar-refractivity contribution >= 4 is 23.2 Å². The molecule has 0 unspecified atom stereocenters. The fraction of sp³-hybridized carbons (Fsp3) is 0.250. The van der Waals surface area contributed by atoms with E-state index < -0.39 is 0 Å². The summed E-state index contributed by atoms with van der Waals surface area (Å²) < 4.78 is 22.5. The minimum atomic E-state index is -0.301. The molecule has 0 bridgehead atoms. The van der Waals surface area contributed by atoms with Gasteiger partial charge in [-0.1, -0.05) is 6.07 Å². The highest BCUT2D eigenvalue weighted by Crippen LogP contribution is 2.34. The normalized spacial score (nSPS) is 10.3. The minimum absolute atomic E-state index is 0. The van der Waals surface area contributed by atoms with Crippen molar-refractivity contribution in [1.82, 2.24) is 4.68 Å². The minimum Gasteiger partial charge on any atom is -0.493 e. The molecule has 3 rings (SSSR count). The largest absolute Gasteiger partial charge is 0.493 e. The van der Waals surface area contributed by atoms with Gasteiger partial charge in [0.05, 0.1) is 34.1 Å². The molecule has 7 nitrogen and oxygen atoms in total. The molecule has 28 heavy (non-hydrogen) atoms. The number of nitrogens with two attached hydrogens (primary N) is 1. The third-order valence-electron chi connectivity index (χ3n) is 4.49. The number of methoxy groups -OCH3 is 4. The van der Waals surface area contributed by atoms with Crippen LogP contribution in [0, 0.1) is 0 Å². The van der Waals surface area contributed by atoms with Gasteiger partial charge in [0.15, 0.2) is 23.0 Å². The van der Waals surface area contributed by atoms with Gasteiger partial charge in [-0.25, -0.2) is 4.68 Å². The summed E-state index contributed by atoms with van der Waals surface area (Å²) >= 11 is 0. The number of hydrogen-bond acceptors (Lipinski definition) is 6. The van der Waals surface area contributed by atoms with Crippen molar-refractivity contribution in [3.63, 3.8) is 0 Å². The SMILES string of the molecule is COc1ccc(Cc2c3cc(OC)c(OC)cc3cc(=O)n2N)cc1OC.Cl. The third-order valence-corrected chi connectivity index (χ3v) is 4.49. The van der Waals surface area contributed by atoms with E-state index in [1.807, 2.05) is 24.3 Å². The van der Waals surface area contributed by atoms with Crippen molar-refractivity contribution in [2.24, 2.45) is 0 Å². The van der Waals surface area contributed by atoms with E-state index in [9.17, 15) is 4.79 Å². The molecule has 2 aromatic carbocycles. The third kappa shape index (κ3) is 3.80. The van der Waals surface area contributed by atoms with Gasteiger partial charge in [0.2, 0.25) is 0 Å². The number of pyridine rings is 1. The Morgan fingerprint density at radius 1 is 0.821 bits per heavy atom. The maximum atomic E-state index is 12.3. The average molecular weight is 407 g/mol. The molecule has 0 saturated heterocycles. The first-order valence-electron chi connectivity index (χ1n) is 8.29. The standard InChI is InChI=1S/C20H22N2O5.ClH/c1-24-16-6-5-12(8-17(16)25-2)7-15-14-11-19(27-4)18(26-3)9-13(14)10-20(23)22(15)21;/h5-6,8-11H,7,21H2,1-4H3;1H. The molecular formula is C20H23ClN2O5. The summed E-state index contributed by atoms with van der Waals surface area (Å²) in [7, 11) is 6.28. The number of benzene rings is 2. The predicted octanol–water partition coefficient (Wildman–Crippen LogP) is 2.76. The lowest BCUT2D eigenvalue weighted by Crippen LogP contribution is -2.30. The lowest BCUT2D eigenvalue weighted by Gasteiger charge is -2.15. The van der Waals surface area contributed by atoms with Crippen molar-refractivity contribution in [3.8, 4) is 23.0 Å². The molecule has 0 aliphatic carbocycles. The van der Waals surface area contributed by atoms with Crippen LogP contribution >= 0.6 is 12.4 Å². The van der Waals surface area contributed by atoms with Gasteiger partial charge in [0.25, 0.3) is 5.56 Å². The van der Waals surface area contributed by atoms with Crippen LogP contribution in [0.3, 0.4) is 0 Å². The van der Waals surface area contributed by atoms with E-state index in [0.29, 0.717) is 35.1 Å². The van der Waals surface area contributed by atoms with E-state index in [4.69, 9.17) is 24.8 Å². The van der Waals surface area contributed by atoms with Gasteiger partial charge >= 0.3 is 0 Å². The lowest BCUT2D eigenvalue weighted by atomic mass is 10.0. The number of halogens is 1. The fourth-order valence-corrected chi connectivity index (χ4v) is 3.09. The molecule has 0 saturated carbocycles. The lowest BCUT2D eigenvalue weighted by molar-refractivity contribution is 0.354. The smallest absolute Gasteiger partial charge is 0.269 e. The van der Waals surface area contributed by atoms with E-state index >= 15 is 0 Å². The first-order valence-corrected chi connectivity index (χ1v) is 8.29. The summed E-state index contributed by atoms with van der Waals surface area (Å²) in [5.74, 6) is 8.43. The van der Waals surface area contributed by atoms with E-state index in [-0.39, 0.29) is 18.0 Å². The number of hydrogen-bond donors (Lipinski definition) is 1. The number of nitrogen functional groups attached to an aromatic ring is 1. The summed E-state index contributed by atoms with van der Waals surface area (Å²) in [6.45, 7) is 0. The van der Waals surface area contributed by atoms with Crippen molar-refractivity contribution in [3.05, 3.63) is 58.0 Å². The van der Waals surface area contributed by atoms with Crippen LogP contribution in [-0.2, 0) is 6.42 Å². The zero-order chi connectivity index (χ0) is 19.6. The van der Waals surface area contributed by atoms with E-state index in [1.54, 1.807) is 34.5 Å². The van der Waals surface area contributed by atoms with E-state index in [2.05, 4.69) is 0 Å². The Balaban J connectivity index is 0.00000280. The molecule has 2 N–H and O–H groups in total. The van der Waals surface area contributed by atoms with E-state index in [1.165, 1.54) is 6.07 Å². The highest BCUT2D eigenvalue weighted by molar-refractivity contribution is 5.88. The van der Waals surface area contributed by atoms with Gasteiger partial charge in [0.1, 0.15) is 0 Å². The zero-order valence-corrected chi connectivity index (χ0v) is 17.0. The average Bonchev–Trinajstić information content (AvgIpc) is 2.70. The highest BCUT2D eigenvalue weighted by Gasteiger charge is 2.15. The second-order valence-corrected chi connectivity index (χ2v) is 5.96. The Hall–Kier alpha value is -3.06. The molecule has 0 spiro atoms. The number of rotatable bonds is 6. The Labute approximate surface area is 169 Å². The molecule has 8 heteroatoms. The van der Waals surface area contributed by atoms with Crippen molar-refractivity contribution in [2.45, 2.75) is 6.42 Å². The predicted molar refractivity (Wildman–Crippen MR) is 111 cm³/mol. The van der Waals surface area contributed by atoms with Crippen LogP contribution in [0.15, 0.2) is 41.2 Å². The molecule has 0 aliphatic rings. The van der Waals surface area contributed by atoms with Crippen LogP contribution < -0.4 is 30.3 Å². The van der Waals surface area contributed by atoms with Gasteiger partial charge in [-0.05, 0) is 35.2 Å². The van der Waals surface area contributed by atoms with Crippen molar-refractivity contribution < 1.29 is 18.9 Å².